The van der Waals surface area contributed by atoms with Gasteiger partial charge in [0.25, 0.3) is 0 Å². The van der Waals surface area contributed by atoms with Crippen molar-refractivity contribution in [1.82, 2.24) is 15.5 Å². The molecule has 0 spiro atoms. The second-order valence-corrected chi connectivity index (χ2v) is 6.48. The second-order valence-electron chi connectivity index (χ2n) is 6.48. The molecule has 0 radical (unpaired) electrons. The van der Waals surface area contributed by atoms with Crippen LogP contribution in [0, 0.1) is 5.41 Å². The van der Waals surface area contributed by atoms with E-state index < -0.39 is 17.5 Å². The number of halogens is 3. The van der Waals surface area contributed by atoms with Crippen LogP contribution in [-0.2, 0) is 11.2 Å². The van der Waals surface area contributed by atoms with Gasteiger partial charge in [-0.1, -0.05) is 37.1 Å². The maximum atomic E-state index is 13.3. The van der Waals surface area contributed by atoms with Gasteiger partial charge in [0.2, 0.25) is 5.91 Å². The molecule has 1 amide bonds. The summed E-state index contributed by atoms with van der Waals surface area (Å²) in [5.74, 6) is -0.882. The zero-order chi connectivity index (χ0) is 17.9. The van der Waals surface area contributed by atoms with Gasteiger partial charge in [-0.3, -0.25) is 9.89 Å². The summed E-state index contributed by atoms with van der Waals surface area (Å²) in [6.45, 7) is 0.196. The average Bonchev–Trinajstić information content (AvgIpc) is 3.27. The maximum Gasteiger partial charge on any atom is 0.403 e. The molecular formula is C18H20F3N3O. The Morgan fingerprint density at radius 3 is 2.40 bits per heavy atom. The van der Waals surface area contributed by atoms with Gasteiger partial charge < -0.3 is 5.32 Å². The van der Waals surface area contributed by atoms with E-state index in [0.29, 0.717) is 19.3 Å². The lowest BCUT2D eigenvalue weighted by molar-refractivity contribution is -0.220. The number of hydrogen-bond acceptors (Lipinski definition) is 2. The molecule has 1 aromatic carbocycles. The zero-order valence-electron chi connectivity index (χ0n) is 13.7. The third-order valence-electron chi connectivity index (χ3n) is 4.92. The molecule has 0 aliphatic heterocycles. The number of amides is 1. The Bertz CT molecular complexity index is 702. The predicted molar refractivity (Wildman–Crippen MR) is 87.7 cm³/mol. The molecule has 1 saturated carbocycles. The van der Waals surface area contributed by atoms with Gasteiger partial charge in [0.05, 0.1) is 6.20 Å². The van der Waals surface area contributed by atoms with E-state index in [1.807, 2.05) is 24.3 Å². The number of alkyl halides is 3. The lowest BCUT2D eigenvalue weighted by Gasteiger charge is -2.30. The third kappa shape index (κ3) is 3.55. The first kappa shape index (κ1) is 17.5. The lowest BCUT2D eigenvalue weighted by atomic mass is 9.84. The van der Waals surface area contributed by atoms with Crippen molar-refractivity contribution in [3.63, 3.8) is 0 Å². The standard InChI is InChI=1S/C18H20F3N3O/c19-18(20,21)17(8-1-2-9-17)16(25)22-10-7-13-3-5-14(6-4-13)15-11-23-24-12-15/h3-6,11-12H,1-2,7-10H2,(H,22,25)(H,23,24). The summed E-state index contributed by atoms with van der Waals surface area (Å²) < 4.78 is 40.0. The highest BCUT2D eigenvalue weighted by Gasteiger charge is 2.60. The summed E-state index contributed by atoms with van der Waals surface area (Å²) in [6, 6.07) is 7.67. The van der Waals surface area contributed by atoms with Crippen molar-refractivity contribution in [2.75, 3.05) is 6.54 Å². The summed E-state index contributed by atoms with van der Waals surface area (Å²) in [5.41, 5.74) is 0.731. The first-order valence-electron chi connectivity index (χ1n) is 8.35. The highest BCUT2D eigenvalue weighted by Crippen LogP contribution is 2.50. The molecule has 1 aliphatic carbocycles. The number of nitrogens with one attached hydrogen (secondary N) is 2. The number of aromatic amines is 1. The molecule has 1 aromatic heterocycles. The van der Waals surface area contributed by atoms with E-state index in [1.54, 1.807) is 12.4 Å². The van der Waals surface area contributed by atoms with Gasteiger partial charge in [-0.15, -0.1) is 0 Å². The molecular weight excluding hydrogens is 331 g/mol. The molecule has 1 aliphatic rings. The fourth-order valence-electron chi connectivity index (χ4n) is 3.38. The van der Waals surface area contributed by atoms with E-state index in [1.165, 1.54) is 0 Å². The van der Waals surface area contributed by atoms with E-state index in [-0.39, 0.29) is 19.4 Å². The Morgan fingerprint density at radius 1 is 1.16 bits per heavy atom. The van der Waals surface area contributed by atoms with E-state index in [2.05, 4.69) is 15.5 Å². The molecule has 134 valence electrons. The van der Waals surface area contributed by atoms with Crippen LogP contribution in [0.1, 0.15) is 31.2 Å². The van der Waals surface area contributed by atoms with Gasteiger partial charge in [0, 0.05) is 18.3 Å². The van der Waals surface area contributed by atoms with E-state index in [4.69, 9.17) is 0 Å². The van der Waals surface area contributed by atoms with Gasteiger partial charge in [-0.2, -0.15) is 18.3 Å². The summed E-state index contributed by atoms with van der Waals surface area (Å²) in [6.07, 6.45) is 0.181. The monoisotopic (exact) mass is 351 g/mol. The Kier molecular flexibility index (Phi) is 4.83. The Balaban J connectivity index is 1.56. The van der Waals surface area contributed by atoms with Gasteiger partial charge in [-0.25, -0.2) is 0 Å². The Hall–Kier alpha value is -2.31. The van der Waals surface area contributed by atoms with Gasteiger partial charge in [-0.05, 0) is 30.4 Å². The van der Waals surface area contributed by atoms with Crippen molar-refractivity contribution < 1.29 is 18.0 Å². The van der Waals surface area contributed by atoms with Crippen LogP contribution in [0.2, 0.25) is 0 Å². The smallest absolute Gasteiger partial charge is 0.355 e. The molecule has 2 aromatic rings. The zero-order valence-corrected chi connectivity index (χ0v) is 13.7. The largest absolute Gasteiger partial charge is 0.403 e. The molecule has 1 heterocycles. The highest BCUT2D eigenvalue weighted by molar-refractivity contribution is 5.83. The normalized spacial score (nSPS) is 16.8. The molecule has 0 bridgehead atoms. The van der Waals surface area contributed by atoms with Gasteiger partial charge in [0.1, 0.15) is 5.41 Å². The van der Waals surface area contributed by atoms with E-state index >= 15 is 0 Å². The van der Waals surface area contributed by atoms with Crippen LogP contribution in [0.25, 0.3) is 11.1 Å². The molecule has 1 fully saturated rings. The molecule has 0 saturated heterocycles. The number of benzene rings is 1. The third-order valence-corrected chi connectivity index (χ3v) is 4.92. The SMILES string of the molecule is O=C(NCCc1ccc(-c2cn[nH]c2)cc1)C1(C(F)(F)F)CCCC1. The van der Waals surface area contributed by atoms with Crippen LogP contribution in [0.4, 0.5) is 13.2 Å². The van der Waals surface area contributed by atoms with Crippen LogP contribution < -0.4 is 5.32 Å². The minimum atomic E-state index is -4.49. The van der Waals surface area contributed by atoms with Crippen LogP contribution in [0.3, 0.4) is 0 Å². The second kappa shape index (κ2) is 6.90. The predicted octanol–water partition coefficient (Wildman–Crippen LogP) is 3.86. The number of rotatable bonds is 5. The molecule has 7 heteroatoms. The lowest BCUT2D eigenvalue weighted by Crippen LogP contribution is -2.49. The van der Waals surface area contributed by atoms with E-state index in [0.717, 1.165) is 16.7 Å². The highest BCUT2D eigenvalue weighted by atomic mass is 19.4. The first-order valence-corrected chi connectivity index (χ1v) is 8.35. The van der Waals surface area contributed by atoms with Crippen LogP contribution in [0.15, 0.2) is 36.7 Å². The van der Waals surface area contributed by atoms with Crippen molar-refractivity contribution in [3.05, 3.63) is 42.2 Å². The molecule has 3 rings (SSSR count). The van der Waals surface area contributed by atoms with Crippen molar-refractivity contribution in [1.29, 1.82) is 0 Å². The number of carbonyl (C=O) groups is 1. The number of hydrogen-bond donors (Lipinski definition) is 2. The quantitative estimate of drug-likeness (QED) is 0.859. The van der Waals surface area contributed by atoms with Gasteiger partial charge in [0.15, 0.2) is 0 Å². The number of aromatic nitrogens is 2. The maximum absolute atomic E-state index is 13.3. The van der Waals surface area contributed by atoms with Crippen LogP contribution in [-0.4, -0.2) is 28.8 Å². The number of carbonyl (C=O) groups excluding carboxylic acids is 1. The minimum Gasteiger partial charge on any atom is -0.355 e. The Morgan fingerprint density at radius 2 is 1.84 bits per heavy atom. The average molecular weight is 351 g/mol. The topological polar surface area (TPSA) is 57.8 Å². The molecule has 25 heavy (non-hydrogen) atoms. The number of nitrogens with zero attached hydrogens (tertiary/aromatic N) is 1. The summed E-state index contributed by atoms with van der Waals surface area (Å²) in [5, 5.41) is 9.12. The molecule has 4 nitrogen and oxygen atoms in total. The fraction of sp³-hybridized carbons (Fsp3) is 0.444. The molecule has 0 unspecified atom stereocenters. The van der Waals surface area contributed by atoms with E-state index in [9.17, 15) is 18.0 Å². The Labute approximate surface area is 143 Å². The summed E-state index contributed by atoms with van der Waals surface area (Å²) >= 11 is 0. The molecule has 0 atom stereocenters. The van der Waals surface area contributed by atoms with Crippen molar-refractivity contribution >= 4 is 5.91 Å². The van der Waals surface area contributed by atoms with Crippen LogP contribution >= 0.6 is 0 Å². The van der Waals surface area contributed by atoms with Gasteiger partial charge >= 0.3 is 6.18 Å². The minimum absolute atomic E-state index is 0.109. The summed E-state index contributed by atoms with van der Waals surface area (Å²) in [4.78, 5) is 12.2. The number of H-pyrrole nitrogens is 1. The van der Waals surface area contributed by atoms with Crippen molar-refractivity contribution in [2.45, 2.75) is 38.3 Å². The first-order chi connectivity index (χ1) is 11.9. The van der Waals surface area contributed by atoms with Crippen molar-refractivity contribution in [2.24, 2.45) is 5.41 Å². The molecule has 2 N–H and O–H groups in total. The summed E-state index contributed by atoms with van der Waals surface area (Å²) in [7, 11) is 0. The van der Waals surface area contributed by atoms with Crippen molar-refractivity contribution in [3.8, 4) is 11.1 Å². The fourth-order valence-corrected chi connectivity index (χ4v) is 3.38. The van der Waals surface area contributed by atoms with Crippen LogP contribution in [0.5, 0.6) is 0 Å².